The molecule has 0 amide bonds. The molecule has 2 aromatic carbocycles. The summed E-state index contributed by atoms with van der Waals surface area (Å²) in [5, 5.41) is 10.4. The molecule has 0 fully saturated rings. The van der Waals surface area contributed by atoms with E-state index in [2.05, 4.69) is 0 Å². The van der Waals surface area contributed by atoms with Crippen LogP contribution >= 0.6 is 11.6 Å². The first kappa shape index (κ1) is 12.6. The SMILES string of the molecule is COc1cc(Cl)c(-c2ccccc2O)c(OC)c1. The van der Waals surface area contributed by atoms with E-state index in [4.69, 9.17) is 21.1 Å². The summed E-state index contributed by atoms with van der Waals surface area (Å²) in [5.41, 5.74) is 1.28. The number of hydrogen-bond acceptors (Lipinski definition) is 3. The Labute approximate surface area is 111 Å². The lowest BCUT2D eigenvalue weighted by molar-refractivity contribution is 0.395. The topological polar surface area (TPSA) is 38.7 Å². The Morgan fingerprint density at radius 2 is 1.78 bits per heavy atom. The first-order chi connectivity index (χ1) is 8.67. The van der Waals surface area contributed by atoms with E-state index in [9.17, 15) is 5.11 Å². The normalized spacial score (nSPS) is 10.2. The summed E-state index contributed by atoms with van der Waals surface area (Å²) in [5.74, 6) is 1.32. The molecule has 0 spiro atoms. The Morgan fingerprint density at radius 3 is 2.39 bits per heavy atom. The van der Waals surface area contributed by atoms with Crippen molar-refractivity contribution in [1.82, 2.24) is 0 Å². The Morgan fingerprint density at radius 1 is 1.06 bits per heavy atom. The smallest absolute Gasteiger partial charge is 0.132 e. The van der Waals surface area contributed by atoms with E-state index in [0.29, 0.717) is 27.6 Å². The minimum absolute atomic E-state index is 0.155. The van der Waals surface area contributed by atoms with E-state index in [-0.39, 0.29) is 5.75 Å². The summed E-state index contributed by atoms with van der Waals surface area (Å²) >= 11 is 6.23. The fourth-order valence-electron chi connectivity index (χ4n) is 1.78. The second-order valence-corrected chi connectivity index (χ2v) is 4.11. The minimum atomic E-state index is 0.155. The van der Waals surface area contributed by atoms with E-state index in [1.807, 2.05) is 6.07 Å². The van der Waals surface area contributed by atoms with Crippen LogP contribution in [0, 0.1) is 0 Å². The van der Waals surface area contributed by atoms with Crippen LogP contribution in [0.5, 0.6) is 17.2 Å². The van der Waals surface area contributed by atoms with Crippen molar-refractivity contribution in [2.75, 3.05) is 14.2 Å². The van der Waals surface area contributed by atoms with Gasteiger partial charge in [-0.3, -0.25) is 0 Å². The maximum absolute atomic E-state index is 9.89. The Kier molecular flexibility index (Phi) is 3.63. The second-order valence-electron chi connectivity index (χ2n) is 3.70. The molecule has 3 nitrogen and oxygen atoms in total. The number of rotatable bonds is 3. The summed E-state index contributed by atoms with van der Waals surface area (Å²) in [6.07, 6.45) is 0. The molecular formula is C14H13ClO3. The number of phenolic OH excluding ortho intramolecular Hbond substituents is 1. The monoisotopic (exact) mass is 264 g/mol. The maximum Gasteiger partial charge on any atom is 0.132 e. The van der Waals surface area contributed by atoms with Crippen molar-refractivity contribution in [2.24, 2.45) is 0 Å². The number of hydrogen-bond donors (Lipinski definition) is 1. The van der Waals surface area contributed by atoms with Crippen molar-refractivity contribution in [3.8, 4) is 28.4 Å². The van der Waals surface area contributed by atoms with Gasteiger partial charge in [0.25, 0.3) is 0 Å². The molecule has 0 aromatic heterocycles. The number of methoxy groups -OCH3 is 2. The van der Waals surface area contributed by atoms with E-state index in [1.54, 1.807) is 44.6 Å². The van der Waals surface area contributed by atoms with Crippen LogP contribution in [0.1, 0.15) is 0 Å². The highest BCUT2D eigenvalue weighted by Crippen LogP contribution is 2.42. The molecule has 2 aromatic rings. The van der Waals surface area contributed by atoms with Crippen LogP contribution in [-0.4, -0.2) is 19.3 Å². The van der Waals surface area contributed by atoms with Crippen molar-refractivity contribution in [1.29, 1.82) is 0 Å². The molecule has 0 aliphatic rings. The average molecular weight is 265 g/mol. The molecule has 0 heterocycles. The lowest BCUT2D eigenvalue weighted by atomic mass is 10.0. The third-order valence-electron chi connectivity index (χ3n) is 2.66. The summed E-state index contributed by atoms with van der Waals surface area (Å²) in [6, 6.07) is 10.4. The second kappa shape index (κ2) is 5.19. The molecule has 4 heteroatoms. The van der Waals surface area contributed by atoms with Gasteiger partial charge in [0, 0.05) is 17.2 Å². The summed E-state index contributed by atoms with van der Waals surface area (Å²) in [7, 11) is 3.11. The van der Waals surface area contributed by atoms with Gasteiger partial charge in [-0.2, -0.15) is 0 Å². The molecule has 1 N–H and O–H groups in total. The van der Waals surface area contributed by atoms with Gasteiger partial charge < -0.3 is 14.6 Å². The molecule has 0 saturated heterocycles. The van der Waals surface area contributed by atoms with Crippen molar-refractivity contribution >= 4 is 11.6 Å². The van der Waals surface area contributed by atoms with Crippen LogP contribution in [0.4, 0.5) is 0 Å². The van der Waals surface area contributed by atoms with Crippen LogP contribution < -0.4 is 9.47 Å². The molecule has 0 aliphatic heterocycles. The van der Waals surface area contributed by atoms with Crippen LogP contribution in [0.15, 0.2) is 36.4 Å². The molecule has 0 aliphatic carbocycles. The molecule has 0 radical (unpaired) electrons. The number of aromatic hydroxyl groups is 1. The van der Waals surface area contributed by atoms with Gasteiger partial charge in [-0.05, 0) is 12.1 Å². The molecule has 0 bridgehead atoms. The van der Waals surface area contributed by atoms with Crippen molar-refractivity contribution in [3.63, 3.8) is 0 Å². The van der Waals surface area contributed by atoms with Gasteiger partial charge in [0.2, 0.25) is 0 Å². The zero-order valence-corrected chi connectivity index (χ0v) is 10.9. The van der Waals surface area contributed by atoms with Crippen LogP contribution in [0.2, 0.25) is 5.02 Å². The summed E-state index contributed by atoms with van der Waals surface area (Å²) < 4.78 is 10.4. The Bertz CT molecular complexity index is 567. The quantitative estimate of drug-likeness (QED) is 0.918. The molecular weight excluding hydrogens is 252 g/mol. The van der Waals surface area contributed by atoms with E-state index < -0.39 is 0 Å². The number of para-hydroxylation sites is 1. The largest absolute Gasteiger partial charge is 0.507 e. The van der Waals surface area contributed by atoms with Crippen molar-refractivity contribution in [3.05, 3.63) is 41.4 Å². The molecule has 0 atom stereocenters. The highest BCUT2D eigenvalue weighted by atomic mass is 35.5. The summed E-state index contributed by atoms with van der Waals surface area (Å²) in [6.45, 7) is 0. The predicted octanol–water partition coefficient (Wildman–Crippen LogP) is 3.73. The highest BCUT2D eigenvalue weighted by molar-refractivity contribution is 6.34. The highest BCUT2D eigenvalue weighted by Gasteiger charge is 2.15. The zero-order valence-electron chi connectivity index (χ0n) is 10.1. The van der Waals surface area contributed by atoms with Crippen LogP contribution in [0.25, 0.3) is 11.1 Å². The Hall–Kier alpha value is -1.87. The van der Waals surface area contributed by atoms with Crippen LogP contribution in [-0.2, 0) is 0 Å². The number of ether oxygens (including phenoxy) is 2. The molecule has 0 saturated carbocycles. The molecule has 94 valence electrons. The lowest BCUT2D eigenvalue weighted by Gasteiger charge is -2.13. The number of phenols is 1. The first-order valence-electron chi connectivity index (χ1n) is 5.37. The van der Waals surface area contributed by atoms with Gasteiger partial charge in [-0.1, -0.05) is 29.8 Å². The van der Waals surface area contributed by atoms with Gasteiger partial charge in [0.1, 0.15) is 17.2 Å². The standard InChI is InChI=1S/C14H13ClO3/c1-17-9-7-11(15)14(13(8-9)18-2)10-5-3-4-6-12(10)16/h3-8,16H,1-2H3. The fourth-order valence-corrected chi connectivity index (χ4v) is 2.09. The van der Waals surface area contributed by atoms with Crippen molar-refractivity contribution < 1.29 is 14.6 Å². The van der Waals surface area contributed by atoms with Gasteiger partial charge in [-0.15, -0.1) is 0 Å². The van der Waals surface area contributed by atoms with E-state index >= 15 is 0 Å². The van der Waals surface area contributed by atoms with Gasteiger partial charge in [-0.25, -0.2) is 0 Å². The van der Waals surface area contributed by atoms with Crippen LogP contribution in [0.3, 0.4) is 0 Å². The first-order valence-corrected chi connectivity index (χ1v) is 5.75. The zero-order chi connectivity index (χ0) is 13.1. The molecule has 0 unspecified atom stereocenters. The third kappa shape index (κ3) is 2.22. The van der Waals surface area contributed by atoms with Gasteiger partial charge >= 0.3 is 0 Å². The minimum Gasteiger partial charge on any atom is -0.507 e. The van der Waals surface area contributed by atoms with Gasteiger partial charge in [0.05, 0.1) is 19.2 Å². The fraction of sp³-hybridized carbons (Fsp3) is 0.143. The van der Waals surface area contributed by atoms with E-state index in [0.717, 1.165) is 0 Å². The summed E-state index contributed by atoms with van der Waals surface area (Å²) in [4.78, 5) is 0. The van der Waals surface area contributed by atoms with Gasteiger partial charge in [0.15, 0.2) is 0 Å². The predicted molar refractivity (Wildman–Crippen MR) is 71.7 cm³/mol. The molecule has 18 heavy (non-hydrogen) atoms. The number of benzene rings is 2. The lowest BCUT2D eigenvalue weighted by Crippen LogP contribution is -1.92. The third-order valence-corrected chi connectivity index (χ3v) is 2.95. The number of halogens is 1. The van der Waals surface area contributed by atoms with Crippen molar-refractivity contribution in [2.45, 2.75) is 0 Å². The maximum atomic E-state index is 9.89. The average Bonchev–Trinajstić information content (AvgIpc) is 2.39. The molecule has 2 rings (SSSR count). The van der Waals surface area contributed by atoms with E-state index in [1.165, 1.54) is 0 Å². The Balaban J connectivity index is 2.67.